The minimum absolute atomic E-state index is 0.0441. The fourth-order valence-electron chi connectivity index (χ4n) is 3.32. The van der Waals surface area contributed by atoms with Gasteiger partial charge in [0.2, 0.25) is 0 Å². The van der Waals surface area contributed by atoms with E-state index in [1.165, 1.54) is 11.0 Å². The number of fused-ring (bicyclic) bond motifs is 1. The van der Waals surface area contributed by atoms with Gasteiger partial charge in [-0.05, 0) is 38.5 Å². The van der Waals surface area contributed by atoms with Gasteiger partial charge in [0, 0.05) is 18.1 Å². The molecule has 152 valence electrons. The molecule has 0 saturated carbocycles. The first-order chi connectivity index (χ1) is 12.8. The molecule has 1 spiro atoms. The van der Waals surface area contributed by atoms with E-state index in [4.69, 9.17) is 14.6 Å². The summed E-state index contributed by atoms with van der Waals surface area (Å²) in [4.78, 5) is 24.7. The number of carboxylic acids is 1. The van der Waals surface area contributed by atoms with E-state index in [1.807, 2.05) is 0 Å². The van der Waals surface area contributed by atoms with Crippen LogP contribution in [0.2, 0.25) is 0 Å². The molecule has 1 amide bonds. The van der Waals surface area contributed by atoms with Crippen LogP contribution in [0.25, 0.3) is 5.57 Å². The van der Waals surface area contributed by atoms with E-state index in [2.05, 4.69) is 0 Å². The molecule has 0 aliphatic carbocycles. The lowest BCUT2D eigenvalue weighted by Crippen LogP contribution is -2.67. The molecule has 28 heavy (non-hydrogen) atoms. The molecule has 2 aliphatic rings. The van der Waals surface area contributed by atoms with Crippen molar-refractivity contribution in [2.75, 3.05) is 13.1 Å². The van der Waals surface area contributed by atoms with Crippen LogP contribution in [-0.2, 0) is 15.7 Å². The third-order valence-electron chi connectivity index (χ3n) is 4.40. The van der Waals surface area contributed by atoms with Crippen LogP contribution in [0.4, 0.5) is 18.0 Å². The summed E-state index contributed by atoms with van der Waals surface area (Å²) < 4.78 is 50.2. The zero-order valence-electron chi connectivity index (χ0n) is 15.6. The van der Waals surface area contributed by atoms with Crippen molar-refractivity contribution < 1.29 is 37.3 Å². The highest BCUT2D eigenvalue weighted by atomic mass is 19.4. The van der Waals surface area contributed by atoms with E-state index < -0.39 is 35.0 Å². The van der Waals surface area contributed by atoms with E-state index in [0.29, 0.717) is 11.1 Å². The van der Waals surface area contributed by atoms with Gasteiger partial charge in [0.25, 0.3) is 0 Å². The maximum Gasteiger partial charge on any atom is 0.416 e. The smallest absolute Gasteiger partial charge is 0.416 e. The molecular formula is C19H20F3NO5. The summed E-state index contributed by atoms with van der Waals surface area (Å²) in [6.45, 7) is 5.35. The Morgan fingerprint density at radius 1 is 1.25 bits per heavy atom. The molecule has 6 nitrogen and oxygen atoms in total. The first-order valence-electron chi connectivity index (χ1n) is 8.60. The maximum absolute atomic E-state index is 13.0. The van der Waals surface area contributed by atoms with Gasteiger partial charge in [-0.2, -0.15) is 13.2 Å². The summed E-state index contributed by atoms with van der Waals surface area (Å²) in [6, 6.07) is 2.97. The van der Waals surface area contributed by atoms with Crippen LogP contribution in [0.5, 0.6) is 5.75 Å². The number of benzene rings is 1. The summed E-state index contributed by atoms with van der Waals surface area (Å²) in [7, 11) is 0. The van der Waals surface area contributed by atoms with Gasteiger partial charge in [-0.1, -0.05) is 6.07 Å². The number of carbonyl (C=O) groups excluding carboxylic acids is 1. The van der Waals surface area contributed by atoms with E-state index in [-0.39, 0.29) is 25.3 Å². The SMILES string of the molecule is CC(C)(C)OC(=O)N1CC2(CC(=CC(=O)O)c3ccc(C(F)(F)F)cc3O2)C1. The van der Waals surface area contributed by atoms with Crippen LogP contribution >= 0.6 is 0 Å². The third-order valence-corrected chi connectivity index (χ3v) is 4.40. The highest BCUT2D eigenvalue weighted by Crippen LogP contribution is 2.46. The molecule has 9 heteroatoms. The normalized spacial score (nSPS) is 19.6. The van der Waals surface area contributed by atoms with Gasteiger partial charge in [0.05, 0.1) is 18.7 Å². The molecule has 0 aromatic heterocycles. The molecule has 1 saturated heterocycles. The van der Waals surface area contributed by atoms with Crippen molar-refractivity contribution in [1.82, 2.24) is 4.90 Å². The molecule has 0 atom stereocenters. The molecule has 1 N–H and O–H groups in total. The number of alkyl halides is 3. The minimum Gasteiger partial charge on any atom is -0.483 e. The van der Waals surface area contributed by atoms with Gasteiger partial charge in [-0.3, -0.25) is 0 Å². The van der Waals surface area contributed by atoms with Gasteiger partial charge in [-0.25, -0.2) is 9.59 Å². The Hall–Kier alpha value is -2.71. The van der Waals surface area contributed by atoms with E-state index in [1.54, 1.807) is 20.8 Å². The van der Waals surface area contributed by atoms with Gasteiger partial charge in [0.1, 0.15) is 17.0 Å². The van der Waals surface area contributed by atoms with E-state index in [9.17, 15) is 22.8 Å². The second kappa shape index (κ2) is 6.42. The molecule has 2 aliphatic heterocycles. The summed E-state index contributed by atoms with van der Waals surface area (Å²) in [5, 5.41) is 9.12. The van der Waals surface area contributed by atoms with Crippen LogP contribution in [-0.4, -0.2) is 46.4 Å². The number of nitrogens with zero attached hydrogens (tertiary/aromatic N) is 1. The molecule has 1 aromatic rings. The average Bonchev–Trinajstić information content (AvgIpc) is 2.48. The molecule has 1 fully saturated rings. The molecule has 3 rings (SSSR count). The Balaban J connectivity index is 1.88. The summed E-state index contributed by atoms with van der Waals surface area (Å²) in [6.07, 6.45) is -3.98. The highest BCUT2D eigenvalue weighted by molar-refractivity contribution is 5.92. The zero-order chi connectivity index (χ0) is 20.9. The number of carbonyl (C=O) groups is 2. The van der Waals surface area contributed by atoms with Crippen LogP contribution in [0.1, 0.15) is 38.3 Å². The summed E-state index contributed by atoms with van der Waals surface area (Å²) in [5.74, 6) is -1.25. The number of aliphatic carboxylic acids is 1. The first kappa shape index (κ1) is 20.0. The third kappa shape index (κ3) is 4.07. The maximum atomic E-state index is 13.0. The Morgan fingerprint density at radius 2 is 1.89 bits per heavy atom. The second-order valence-corrected chi connectivity index (χ2v) is 8.01. The number of rotatable bonds is 1. The number of carboxylic acid groups (broad SMARTS) is 1. The van der Waals surface area contributed by atoms with Crippen molar-refractivity contribution in [2.24, 2.45) is 0 Å². The van der Waals surface area contributed by atoms with E-state index in [0.717, 1.165) is 18.2 Å². The lowest BCUT2D eigenvalue weighted by molar-refractivity contribution is -0.138. The highest BCUT2D eigenvalue weighted by Gasteiger charge is 2.51. The Kier molecular flexibility index (Phi) is 4.60. The number of hydrogen-bond acceptors (Lipinski definition) is 4. The minimum atomic E-state index is -4.55. The molecule has 0 unspecified atom stereocenters. The second-order valence-electron chi connectivity index (χ2n) is 8.01. The van der Waals surface area contributed by atoms with Gasteiger partial charge in [0.15, 0.2) is 0 Å². The monoisotopic (exact) mass is 399 g/mol. The van der Waals surface area contributed by atoms with Crippen molar-refractivity contribution in [3.05, 3.63) is 35.4 Å². The van der Waals surface area contributed by atoms with E-state index >= 15 is 0 Å². The van der Waals surface area contributed by atoms with Gasteiger partial charge >= 0.3 is 18.2 Å². The lowest BCUT2D eigenvalue weighted by atomic mass is 9.81. The van der Waals surface area contributed by atoms with Crippen molar-refractivity contribution in [3.8, 4) is 5.75 Å². The molecule has 1 aromatic carbocycles. The first-order valence-corrected chi connectivity index (χ1v) is 8.60. The van der Waals surface area contributed by atoms with Crippen LogP contribution < -0.4 is 4.74 Å². The molecule has 0 bridgehead atoms. The molecule has 0 radical (unpaired) electrons. The summed E-state index contributed by atoms with van der Waals surface area (Å²) in [5.41, 5.74) is -1.89. The van der Waals surface area contributed by atoms with Crippen molar-refractivity contribution in [3.63, 3.8) is 0 Å². The Morgan fingerprint density at radius 3 is 2.43 bits per heavy atom. The number of ether oxygens (including phenoxy) is 2. The predicted octanol–water partition coefficient (Wildman–Crippen LogP) is 3.95. The van der Waals surface area contributed by atoms with Crippen molar-refractivity contribution >= 4 is 17.6 Å². The lowest BCUT2D eigenvalue weighted by Gasteiger charge is -2.51. The predicted molar refractivity (Wildman–Crippen MR) is 92.8 cm³/mol. The standard InChI is InChI=1S/C19H20F3NO5/c1-17(2,3)28-16(26)23-9-18(10-23)8-11(6-15(24)25)13-5-4-12(19(20,21)22)7-14(13)27-18/h4-7H,8-10H2,1-3H3,(H,24,25). The van der Waals surface area contributed by atoms with Crippen molar-refractivity contribution in [1.29, 1.82) is 0 Å². The van der Waals surface area contributed by atoms with Gasteiger partial charge in [-0.15, -0.1) is 0 Å². The Labute approximate surface area is 159 Å². The average molecular weight is 399 g/mol. The number of halogens is 3. The topological polar surface area (TPSA) is 76.1 Å². The number of amides is 1. The number of hydrogen-bond donors (Lipinski definition) is 1. The molecule has 2 heterocycles. The largest absolute Gasteiger partial charge is 0.483 e. The Bertz CT molecular complexity index is 848. The van der Waals surface area contributed by atoms with Gasteiger partial charge < -0.3 is 19.5 Å². The quantitative estimate of drug-likeness (QED) is 0.724. The van der Waals surface area contributed by atoms with Crippen LogP contribution in [0, 0.1) is 0 Å². The van der Waals surface area contributed by atoms with Crippen LogP contribution in [0.15, 0.2) is 24.3 Å². The fraction of sp³-hybridized carbons (Fsp3) is 0.474. The summed E-state index contributed by atoms with van der Waals surface area (Å²) >= 11 is 0. The molecular weight excluding hydrogens is 379 g/mol. The zero-order valence-corrected chi connectivity index (χ0v) is 15.6. The number of likely N-dealkylation sites (tertiary alicyclic amines) is 1. The van der Waals surface area contributed by atoms with Crippen LogP contribution in [0.3, 0.4) is 0 Å². The van der Waals surface area contributed by atoms with Crippen molar-refractivity contribution in [2.45, 2.75) is 44.6 Å². The fourth-order valence-corrected chi connectivity index (χ4v) is 3.32.